The van der Waals surface area contributed by atoms with Crippen molar-refractivity contribution in [2.45, 2.75) is 51.9 Å². The topological polar surface area (TPSA) is 25.8 Å². The van der Waals surface area contributed by atoms with E-state index in [1.807, 2.05) is 11.3 Å². The fraction of sp³-hybridized carbons (Fsp3) is 0.571. The molecule has 0 aromatic carbocycles. The van der Waals surface area contributed by atoms with E-state index in [1.165, 1.54) is 29.7 Å². The molecule has 1 unspecified atom stereocenters. The summed E-state index contributed by atoms with van der Waals surface area (Å²) in [5, 5.41) is 1.79. The maximum Gasteiger partial charge on any atom is 0.141 e. The molecule has 2 heterocycles. The second-order valence-corrected chi connectivity index (χ2v) is 6.51. The molecule has 3 rings (SSSR count). The molecule has 0 amide bonds. The summed E-state index contributed by atoms with van der Waals surface area (Å²) in [5.41, 5.74) is 1.42. The minimum absolute atomic E-state index is 0.381. The summed E-state index contributed by atoms with van der Waals surface area (Å²) in [7, 11) is 0. The lowest BCUT2D eigenvalue weighted by Gasteiger charge is -2.11. The fourth-order valence-electron chi connectivity index (χ4n) is 2.53. The Bertz CT molecular complexity index is 591. The van der Waals surface area contributed by atoms with Crippen molar-refractivity contribution in [1.29, 1.82) is 0 Å². The van der Waals surface area contributed by atoms with Gasteiger partial charge in [0, 0.05) is 10.8 Å². The van der Waals surface area contributed by atoms with E-state index in [2.05, 4.69) is 18.8 Å². The molecule has 96 valence electrons. The Balaban J connectivity index is 2.20. The van der Waals surface area contributed by atoms with Crippen molar-refractivity contribution >= 4 is 33.2 Å². The first-order valence-electron chi connectivity index (χ1n) is 6.68. The maximum atomic E-state index is 6.40. The van der Waals surface area contributed by atoms with Crippen molar-refractivity contribution in [3.05, 3.63) is 21.4 Å². The zero-order valence-electron chi connectivity index (χ0n) is 10.8. The van der Waals surface area contributed by atoms with Crippen LogP contribution in [0.5, 0.6) is 0 Å². The van der Waals surface area contributed by atoms with E-state index >= 15 is 0 Å². The number of rotatable bonds is 2. The molecule has 0 bridgehead atoms. The average molecular weight is 281 g/mol. The van der Waals surface area contributed by atoms with Crippen LogP contribution in [-0.2, 0) is 12.8 Å². The summed E-state index contributed by atoms with van der Waals surface area (Å²) in [6, 6.07) is 0. The first kappa shape index (κ1) is 12.4. The highest BCUT2D eigenvalue weighted by Crippen LogP contribution is 2.38. The highest BCUT2D eigenvalue weighted by Gasteiger charge is 2.21. The molecule has 4 heteroatoms. The smallest absolute Gasteiger partial charge is 0.141 e. The molecule has 18 heavy (non-hydrogen) atoms. The van der Waals surface area contributed by atoms with Crippen LogP contribution in [0, 0.1) is 0 Å². The van der Waals surface area contributed by atoms with Crippen LogP contribution in [0.25, 0.3) is 10.2 Å². The Morgan fingerprint density at radius 2 is 2.06 bits per heavy atom. The van der Waals surface area contributed by atoms with Gasteiger partial charge in [0.05, 0.1) is 5.39 Å². The van der Waals surface area contributed by atoms with Gasteiger partial charge in [0.15, 0.2) is 0 Å². The Morgan fingerprint density at radius 3 is 2.83 bits per heavy atom. The van der Waals surface area contributed by atoms with E-state index in [-0.39, 0.29) is 0 Å². The fourth-order valence-corrected chi connectivity index (χ4v) is 4.15. The third-order valence-corrected chi connectivity index (χ3v) is 5.30. The van der Waals surface area contributed by atoms with Crippen molar-refractivity contribution in [2.24, 2.45) is 0 Å². The molecular formula is C14H17ClN2S. The summed E-state index contributed by atoms with van der Waals surface area (Å²) in [6.07, 6.45) is 5.94. The van der Waals surface area contributed by atoms with Gasteiger partial charge in [-0.15, -0.1) is 11.3 Å². The molecule has 1 aliphatic rings. The average Bonchev–Trinajstić information content (AvgIpc) is 2.76. The van der Waals surface area contributed by atoms with E-state index in [0.29, 0.717) is 11.1 Å². The minimum atomic E-state index is 0.381. The number of halogens is 1. The number of aryl methyl sites for hydroxylation is 2. The van der Waals surface area contributed by atoms with Crippen LogP contribution in [-0.4, -0.2) is 9.97 Å². The molecule has 0 N–H and O–H groups in total. The van der Waals surface area contributed by atoms with E-state index in [1.54, 1.807) is 0 Å². The number of aromatic nitrogens is 2. The van der Waals surface area contributed by atoms with Gasteiger partial charge in [0.25, 0.3) is 0 Å². The minimum Gasteiger partial charge on any atom is -0.222 e. The van der Waals surface area contributed by atoms with Crippen LogP contribution in [0.3, 0.4) is 0 Å². The van der Waals surface area contributed by atoms with Crippen molar-refractivity contribution in [2.75, 3.05) is 0 Å². The monoisotopic (exact) mass is 280 g/mol. The quantitative estimate of drug-likeness (QED) is 0.743. The lowest BCUT2D eigenvalue weighted by molar-refractivity contribution is 0.683. The number of fused-ring (bicyclic) bond motifs is 3. The normalized spacial score (nSPS) is 16.8. The molecule has 0 saturated carbocycles. The summed E-state index contributed by atoms with van der Waals surface area (Å²) in [6.45, 7) is 4.32. The van der Waals surface area contributed by atoms with Crippen molar-refractivity contribution in [1.82, 2.24) is 9.97 Å². The summed E-state index contributed by atoms with van der Waals surface area (Å²) in [4.78, 5) is 11.8. The van der Waals surface area contributed by atoms with Crippen LogP contribution in [0.2, 0.25) is 5.15 Å². The highest BCUT2D eigenvalue weighted by molar-refractivity contribution is 7.19. The molecule has 2 nitrogen and oxygen atoms in total. The van der Waals surface area contributed by atoms with Gasteiger partial charge >= 0.3 is 0 Å². The number of hydrogen-bond acceptors (Lipinski definition) is 3. The molecule has 0 radical (unpaired) electrons. The third kappa shape index (κ3) is 1.94. The molecule has 1 aliphatic carbocycles. The predicted molar refractivity (Wildman–Crippen MR) is 77.8 cm³/mol. The van der Waals surface area contributed by atoms with Gasteiger partial charge < -0.3 is 0 Å². The SMILES string of the molecule is CCC(C)c1nc(Cl)c2c3c(sc2n1)CCCC3. The predicted octanol–water partition coefficient (Wildman–Crippen LogP) is 4.74. The van der Waals surface area contributed by atoms with E-state index in [9.17, 15) is 0 Å². The summed E-state index contributed by atoms with van der Waals surface area (Å²) >= 11 is 8.22. The second kappa shape index (κ2) is 4.78. The van der Waals surface area contributed by atoms with Gasteiger partial charge in [-0.05, 0) is 37.7 Å². The maximum absolute atomic E-state index is 6.40. The largest absolute Gasteiger partial charge is 0.222 e. The molecule has 0 aliphatic heterocycles. The van der Waals surface area contributed by atoms with Gasteiger partial charge in [0.2, 0.25) is 0 Å². The Kier molecular flexibility index (Phi) is 3.29. The van der Waals surface area contributed by atoms with Crippen LogP contribution in [0.15, 0.2) is 0 Å². The third-order valence-electron chi connectivity index (χ3n) is 3.84. The van der Waals surface area contributed by atoms with Crippen LogP contribution < -0.4 is 0 Å². The Hall–Kier alpha value is -0.670. The van der Waals surface area contributed by atoms with Crippen LogP contribution in [0.4, 0.5) is 0 Å². The molecule has 2 aromatic rings. The van der Waals surface area contributed by atoms with Gasteiger partial charge in [0.1, 0.15) is 15.8 Å². The lowest BCUT2D eigenvalue weighted by Crippen LogP contribution is -2.01. The van der Waals surface area contributed by atoms with Crippen molar-refractivity contribution in [3.63, 3.8) is 0 Å². The zero-order valence-corrected chi connectivity index (χ0v) is 12.4. The molecular weight excluding hydrogens is 264 g/mol. The van der Waals surface area contributed by atoms with Gasteiger partial charge in [-0.1, -0.05) is 25.4 Å². The molecule has 0 spiro atoms. The lowest BCUT2D eigenvalue weighted by atomic mass is 9.97. The van der Waals surface area contributed by atoms with Crippen molar-refractivity contribution in [3.8, 4) is 0 Å². The molecule has 0 fully saturated rings. The van der Waals surface area contributed by atoms with Gasteiger partial charge in [-0.25, -0.2) is 9.97 Å². The Morgan fingerprint density at radius 1 is 1.28 bits per heavy atom. The van der Waals surface area contributed by atoms with Gasteiger partial charge in [-0.2, -0.15) is 0 Å². The number of hydrogen-bond donors (Lipinski definition) is 0. The highest BCUT2D eigenvalue weighted by atomic mass is 35.5. The van der Waals surface area contributed by atoms with Crippen LogP contribution in [0.1, 0.15) is 55.3 Å². The van der Waals surface area contributed by atoms with E-state index < -0.39 is 0 Å². The van der Waals surface area contributed by atoms with Gasteiger partial charge in [-0.3, -0.25) is 0 Å². The zero-order chi connectivity index (χ0) is 12.7. The van der Waals surface area contributed by atoms with Crippen molar-refractivity contribution < 1.29 is 0 Å². The summed E-state index contributed by atoms with van der Waals surface area (Å²) < 4.78 is 0. The Labute approximate surface area is 116 Å². The van der Waals surface area contributed by atoms with E-state index in [0.717, 1.165) is 28.9 Å². The standard InChI is InChI=1S/C14H17ClN2S/c1-3-8(2)13-16-12(15)11-9-6-4-5-7-10(9)18-14(11)17-13/h8H,3-7H2,1-2H3. The second-order valence-electron chi connectivity index (χ2n) is 5.07. The number of nitrogens with zero attached hydrogens (tertiary/aromatic N) is 2. The van der Waals surface area contributed by atoms with E-state index in [4.69, 9.17) is 16.6 Å². The summed E-state index contributed by atoms with van der Waals surface area (Å²) in [5.74, 6) is 1.28. The van der Waals surface area contributed by atoms with Crippen LogP contribution >= 0.6 is 22.9 Å². The molecule has 1 atom stereocenters. The molecule has 2 aromatic heterocycles. The first-order chi connectivity index (χ1) is 8.70. The first-order valence-corrected chi connectivity index (χ1v) is 7.87. The number of thiophene rings is 1. The molecule has 0 saturated heterocycles.